The first-order valence-corrected chi connectivity index (χ1v) is 6.78. The number of halogens is 2. The zero-order valence-electron chi connectivity index (χ0n) is 9.83. The van der Waals surface area contributed by atoms with Crippen LogP contribution in [0, 0.1) is 5.92 Å². The molecule has 5 heteroatoms. The minimum atomic E-state index is -0.298. The van der Waals surface area contributed by atoms with E-state index in [9.17, 15) is 9.90 Å². The Hall–Kier alpha value is -0.930. The maximum absolute atomic E-state index is 11.9. The molecule has 2 N–H and O–H groups in total. The van der Waals surface area contributed by atoms with Gasteiger partial charge in [-0.3, -0.25) is 4.79 Å². The first-order chi connectivity index (χ1) is 8.56. The number of benzene rings is 1. The van der Waals surface area contributed by atoms with Crippen LogP contribution < -0.4 is 5.32 Å². The molecule has 0 saturated heterocycles. The van der Waals surface area contributed by atoms with Gasteiger partial charge in [-0.25, -0.2) is 0 Å². The summed E-state index contributed by atoms with van der Waals surface area (Å²) in [6.45, 7) is 0.591. The van der Waals surface area contributed by atoms with Crippen molar-refractivity contribution in [3.63, 3.8) is 0 Å². The first kappa shape index (κ1) is 13.5. The molecule has 2 atom stereocenters. The van der Waals surface area contributed by atoms with Gasteiger partial charge in [0.15, 0.2) is 0 Å². The van der Waals surface area contributed by atoms with E-state index in [0.29, 0.717) is 17.5 Å². The second-order valence-corrected chi connectivity index (χ2v) is 5.70. The summed E-state index contributed by atoms with van der Waals surface area (Å²) in [6, 6.07) is 4.43. The normalized spacial score (nSPS) is 23.0. The van der Waals surface area contributed by atoms with Gasteiger partial charge in [0.1, 0.15) is 5.75 Å². The lowest BCUT2D eigenvalue weighted by Gasteiger charge is -2.11. The lowest BCUT2D eigenvalue weighted by atomic mass is 10.1. The molecule has 0 aliphatic heterocycles. The standard InChI is InChI=1S/C13H15Cl2NO2/c14-9-2-1-8(5-9)7-16-13(18)11-6-10(15)3-4-12(11)17/h3-4,6,8-9,17H,1-2,5,7H2,(H,16,18). The van der Waals surface area contributed by atoms with E-state index in [1.165, 1.54) is 12.1 Å². The van der Waals surface area contributed by atoms with Gasteiger partial charge in [-0.1, -0.05) is 11.6 Å². The van der Waals surface area contributed by atoms with Crippen LogP contribution in [-0.4, -0.2) is 22.9 Å². The van der Waals surface area contributed by atoms with Gasteiger partial charge in [0, 0.05) is 16.9 Å². The van der Waals surface area contributed by atoms with Crippen LogP contribution in [0.15, 0.2) is 18.2 Å². The van der Waals surface area contributed by atoms with Gasteiger partial charge in [0.05, 0.1) is 5.56 Å². The minimum absolute atomic E-state index is 0.0569. The molecule has 1 fully saturated rings. The Labute approximate surface area is 116 Å². The Morgan fingerprint density at radius 1 is 1.44 bits per heavy atom. The molecule has 2 rings (SSSR count). The summed E-state index contributed by atoms with van der Waals surface area (Å²) >= 11 is 11.8. The van der Waals surface area contributed by atoms with Gasteiger partial charge in [-0.15, -0.1) is 11.6 Å². The third kappa shape index (κ3) is 3.30. The minimum Gasteiger partial charge on any atom is -0.507 e. The molecule has 1 aliphatic rings. The van der Waals surface area contributed by atoms with Crippen molar-refractivity contribution in [2.45, 2.75) is 24.6 Å². The number of amides is 1. The third-order valence-electron chi connectivity index (χ3n) is 3.23. The van der Waals surface area contributed by atoms with Gasteiger partial charge < -0.3 is 10.4 Å². The molecule has 1 aromatic carbocycles. The van der Waals surface area contributed by atoms with E-state index in [-0.39, 0.29) is 22.6 Å². The summed E-state index contributed by atoms with van der Waals surface area (Å²) in [5, 5.41) is 13.1. The highest BCUT2D eigenvalue weighted by atomic mass is 35.5. The number of nitrogens with one attached hydrogen (secondary N) is 1. The van der Waals surface area contributed by atoms with Crippen LogP contribution >= 0.6 is 23.2 Å². The number of carbonyl (C=O) groups excluding carboxylic acids is 1. The summed E-state index contributed by atoms with van der Waals surface area (Å²) in [4.78, 5) is 11.9. The van der Waals surface area contributed by atoms with Crippen LogP contribution in [0.5, 0.6) is 5.75 Å². The van der Waals surface area contributed by atoms with Gasteiger partial charge in [-0.2, -0.15) is 0 Å². The monoisotopic (exact) mass is 287 g/mol. The summed E-state index contributed by atoms with van der Waals surface area (Å²) in [6.07, 6.45) is 2.98. The smallest absolute Gasteiger partial charge is 0.255 e. The Kier molecular flexibility index (Phi) is 4.36. The fourth-order valence-corrected chi connectivity index (χ4v) is 2.77. The van der Waals surface area contributed by atoms with Crippen molar-refractivity contribution in [1.82, 2.24) is 5.32 Å². The second-order valence-electron chi connectivity index (χ2n) is 4.65. The van der Waals surface area contributed by atoms with E-state index in [2.05, 4.69) is 5.32 Å². The predicted octanol–water partition coefficient (Wildman–Crippen LogP) is 3.18. The molecule has 0 heterocycles. The molecule has 1 saturated carbocycles. The summed E-state index contributed by atoms with van der Waals surface area (Å²) in [5.74, 6) is 0.0735. The van der Waals surface area contributed by atoms with Crippen LogP contribution in [0.3, 0.4) is 0 Å². The van der Waals surface area contributed by atoms with E-state index in [1.807, 2.05) is 0 Å². The van der Waals surface area contributed by atoms with Crippen molar-refractivity contribution in [3.05, 3.63) is 28.8 Å². The van der Waals surface area contributed by atoms with Crippen molar-refractivity contribution >= 4 is 29.1 Å². The lowest BCUT2D eigenvalue weighted by molar-refractivity contribution is 0.0944. The topological polar surface area (TPSA) is 49.3 Å². The van der Waals surface area contributed by atoms with Crippen LogP contribution in [0.2, 0.25) is 5.02 Å². The molecule has 0 radical (unpaired) electrons. The van der Waals surface area contributed by atoms with E-state index < -0.39 is 0 Å². The third-order valence-corrected chi connectivity index (χ3v) is 3.86. The van der Waals surface area contributed by atoms with Crippen molar-refractivity contribution < 1.29 is 9.90 Å². The number of rotatable bonds is 3. The number of phenolic OH excluding ortho intramolecular Hbond substituents is 1. The zero-order valence-corrected chi connectivity index (χ0v) is 11.3. The molecule has 2 unspecified atom stereocenters. The van der Waals surface area contributed by atoms with Crippen LogP contribution in [-0.2, 0) is 0 Å². The maximum atomic E-state index is 11.9. The van der Waals surface area contributed by atoms with Crippen molar-refractivity contribution in [2.24, 2.45) is 5.92 Å². The SMILES string of the molecule is O=C(NCC1CCC(Cl)C1)c1cc(Cl)ccc1O. The average molecular weight is 288 g/mol. The Balaban J connectivity index is 1.93. The summed E-state index contributed by atoms with van der Waals surface area (Å²) in [7, 11) is 0. The molecule has 1 aliphatic carbocycles. The fourth-order valence-electron chi connectivity index (χ4n) is 2.22. The van der Waals surface area contributed by atoms with Gasteiger partial charge in [0.2, 0.25) is 0 Å². The van der Waals surface area contributed by atoms with Crippen LogP contribution in [0.25, 0.3) is 0 Å². The molecule has 0 aromatic heterocycles. The number of phenols is 1. The summed E-state index contributed by atoms with van der Waals surface area (Å²) in [5.41, 5.74) is 0.211. The van der Waals surface area contributed by atoms with E-state index in [1.54, 1.807) is 6.07 Å². The van der Waals surface area contributed by atoms with Gasteiger partial charge >= 0.3 is 0 Å². The van der Waals surface area contributed by atoms with Crippen molar-refractivity contribution in [2.75, 3.05) is 6.54 Å². The number of aromatic hydroxyl groups is 1. The molecular formula is C13H15Cl2NO2. The maximum Gasteiger partial charge on any atom is 0.255 e. The highest BCUT2D eigenvalue weighted by Gasteiger charge is 2.23. The van der Waals surface area contributed by atoms with Gasteiger partial charge in [0.25, 0.3) is 5.91 Å². The molecule has 1 amide bonds. The molecular weight excluding hydrogens is 273 g/mol. The molecule has 0 bridgehead atoms. The first-order valence-electron chi connectivity index (χ1n) is 5.97. The predicted molar refractivity (Wildman–Crippen MR) is 72.4 cm³/mol. The summed E-state index contributed by atoms with van der Waals surface area (Å²) < 4.78 is 0. The molecule has 0 spiro atoms. The van der Waals surface area contributed by atoms with E-state index in [0.717, 1.165) is 19.3 Å². The van der Waals surface area contributed by atoms with E-state index >= 15 is 0 Å². The largest absolute Gasteiger partial charge is 0.507 e. The average Bonchev–Trinajstić information content (AvgIpc) is 2.75. The number of alkyl halides is 1. The highest BCUT2D eigenvalue weighted by molar-refractivity contribution is 6.31. The van der Waals surface area contributed by atoms with Crippen LogP contribution in [0.4, 0.5) is 0 Å². The number of hydrogen-bond donors (Lipinski definition) is 2. The second kappa shape index (κ2) is 5.81. The van der Waals surface area contributed by atoms with Crippen molar-refractivity contribution in [1.29, 1.82) is 0 Å². The number of hydrogen-bond acceptors (Lipinski definition) is 2. The lowest BCUT2D eigenvalue weighted by Crippen LogP contribution is -2.28. The van der Waals surface area contributed by atoms with E-state index in [4.69, 9.17) is 23.2 Å². The van der Waals surface area contributed by atoms with Crippen molar-refractivity contribution in [3.8, 4) is 5.75 Å². The zero-order chi connectivity index (χ0) is 13.1. The Morgan fingerprint density at radius 2 is 2.22 bits per heavy atom. The molecule has 18 heavy (non-hydrogen) atoms. The van der Waals surface area contributed by atoms with Crippen LogP contribution in [0.1, 0.15) is 29.6 Å². The fraction of sp³-hybridized carbons (Fsp3) is 0.462. The van der Waals surface area contributed by atoms with Gasteiger partial charge in [-0.05, 0) is 43.4 Å². The number of carbonyl (C=O) groups is 1. The molecule has 98 valence electrons. The highest BCUT2D eigenvalue weighted by Crippen LogP contribution is 2.29. The Bertz CT molecular complexity index is 451. The molecule has 1 aromatic rings. The quantitative estimate of drug-likeness (QED) is 0.839. The Morgan fingerprint density at radius 3 is 2.89 bits per heavy atom. The molecule has 3 nitrogen and oxygen atoms in total.